The van der Waals surface area contributed by atoms with Gasteiger partial charge < -0.3 is 9.02 Å². The number of hydrogen-bond acceptors (Lipinski definition) is 2. The van der Waals surface area contributed by atoms with Crippen molar-refractivity contribution in [3.05, 3.63) is 22.2 Å². The molecule has 0 spiro atoms. The van der Waals surface area contributed by atoms with E-state index >= 15 is 0 Å². The molecule has 0 aliphatic carbocycles. The topological polar surface area (TPSA) is 56.3 Å². The minimum Gasteiger partial charge on any atom is -0.345 e. The van der Waals surface area contributed by atoms with Gasteiger partial charge >= 0.3 is 15.5 Å². The lowest BCUT2D eigenvalue weighted by Gasteiger charge is -1.78. The van der Waals surface area contributed by atoms with Crippen molar-refractivity contribution in [3.63, 3.8) is 0 Å². The van der Waals surface area contributed by atoms with Crippen molar-refractivity contribution < 1.29 is 0 Å². The van der Waals surface area contributed by atoms with E-state index in [1.807, 2.05) is 11.4 Å². The van der Waals surface area contributed by atoms with Gasteiger partial charge in [0.1, 0.15) is 5.67 Å². The molecule has 0 bridgehead atoms. The Morgan fingerprint density at radius 3 is 1.73 bits per heavy atom. The van der Waals surface area contributed by atoms with Crippen LogP contribution in [0.4, 0.5) is 0 Å². The van der Waals surface area contributed by atoms with Gasteiger partial charge in [-0.25, -0.2) is 10.5 Å². The lowest BCUT2D eigenvalue weighted by molar-refractivity contribution is 1.54. The fourth-order valence-electron chi connectivity index (χ4n) is 0.904. The summed E-state index contributed by atoms with van der Waals surface area (Å²) >= 11 is 0. The largest absolute Gasteiger partial charge is 0.826 e. The highest BCUT2D eigenvalue weighted by atomic mass is 29.3. The van der Waals surface area contributed by atoms with Gasteiger partial charge in [-0.05, 0) is 0 Å². The Labute approximate surface area is 65.9 Å². The van der Waals surface area contributed by atoms with Crippen molar-refractivity contribution >= 4 is 15.5 Å². The number of rotatable bonds is 0. The van der Waals surface area contributed by atoms with Crippen LogP contribution in [-0.2, 0) is 0 Å². The molecule has 0 aromatic rings. The van der Waals surface area contributed by atoms with E-state index in [0.717, 1.165) is 0 Å². The molecule has 0 saturated carbocycles. The molecular formula is C5H2N4Si2. The number of nitriles is 2. The molecule has 1 aliphatic rings. The van der Waals surface area contributed by atoms with Crippen LogP contribution < -0.4 is 0 Å². The summed E-state index contributed by atoms with van der Waals surface area (Å²) in [5.74, 6) is 0. The lowest BCUT2D eigenvalue weighted by atomic mass is 11.7. The monoisotopic (exact) mass is 174 g/mol. The Morgan fingerprint density at radius 1 is 1.18 bits per heavy atom. The minimum absolute atomic E-state index is 0.347. The van der Waals surface area contributed by atoms with Gasteiger partial charge in [-0.3, -0.25) is 13.1 Å². The quantitative estimate of drug-likeness (QED) is 0.396. The standard InChI is InChI=1S/C5H2N4Si2/c1-8-11(9-2)5-10(11,3-6)4-7/h5H2. The predicted molar refractivity (Wildman–Crippen MR) is 40.7 cm³/mol. The molecule has 6 heteroatoms. The van der Waals surface area contributed by atoms with Gasteiger partial charge in [0.05, 0.1) is 11.4 Å². The van der Waals surface area contributed by atoms with Gasteiger partial charge in [0.2, 0.25) is 0 Å². The first-order chi connectivity index (χ1) is 5.20. The van der Waals surface area contributed by atoms with Crippen molar-refractivity contribution in [2.45, 2.75) is 5.67 Å². The fraction of sp³-hybridized carbons (Fsp3) is 0.200. The van der Waals surface area contributed by atoms with E-state index in [1.54, 1.807) is 0 Å². The molecule has 0 radical (unpaired) electrons. The van der Waals surface area contributed by atoms with Crippen molar-refractivity contribution in [2.24, 2.45) is 0 Å². The molecule has 1 aliphatic heterocycles. The second kappa shape index (κ2) is 1.94. The minimum atomic E-state index is -2.68. The van der Waals surface area contributed by atoms with E-state index in [1.165, 1.54) is 0 Å². The van der Waals surface area contributed by atoms with Gasteiger partial charge in [0.25, 0.3) is 0 Å². The predicted octanol–water partition coefficient (Wildman–Crippen LogP) is 0.473. The van der Waals surface area contributed by atoms with Crippen molar-refractivity contribution in [1.29, 1.82) is 10.5 Å². The molecule has 1 heterocycles. The number of nitrogens with zero attached hydrogens (tertiary/aromatic N) is 4. The van der Waals surface area contributed by atoms with Gasteiger partial charge in [0.15, 0.2) is 0 Å². The average molecular weight is 174 g/mol. The third-order valence-electron chi connectivity index (χ3n) is 1.82. The number of hydrogen-bond donors (Lipinski definition) is 0. The van der Waals surface area contributed by atoms with Crippen LogP contribution in [0.25, 0.3) is 9.02 Å². The van der Waals surface area contributed by atoms with E-state index in [-0.39, 0.29) is 0 Å². The maximum Gasteiger partial charge on any atom is 0.826 e. The maximum atomic E-state index is 8.59. The Morgan fingerprint density at radius 2 is 1.64 bits per heavy atom. The summed E-state index contributed by atoms with van der Waals surface area (Å²) in [6.45, 7) is 13.5. The fourth-order valence-corrected chi connectivity index (χ4v) is 10.8. The van der Waals surface area contributed by atoms with E-state index in [2.05, 4.69) is 9.02 Å². The Hall–Kier alpha value is -1.61. The molecule has 0 amide bonds. The SMILES string of the molecule is [C-]#[N+][Si]1([N+]#[C-])C[Si]1(C#N)C#N. The molecule has 1 rings (SSSR count). The zero-order valence-corrected chi connectivity index (χ0v) is 7.50. The van der Waals surface area contributed by atoms with Gasteiger partial charge in [0, 0.05) is 0 Å². The van der Waals surface area contributed by atoms with Gasteiger partial charge in [-0.1, -0.05) is 0 Å². The molecule has 0 aromatic heterocycles. The highest BCUT2D eigenvalue weighted by molar-refractivity contribution is 7.66. The first-order valence-corrected chi connectivity index (χ1v) is 8.11. The van der Waals surface area contributed by atoms with Crippen molar-refractivity contribution in [1.82, 2.24) is 0 Å². The summed E-state index contributed by atoms with van der Waals surface area (Å²) in [4.78, 5) is 0. The summed E-state index contributed by atoms with van der Waals surface area (Å²) < 4.78 is 6.39. The average Bonchev–Trinajstić information content (AvgIpc) is 2.75. The Kier molecular flexibility index (Phi) is 1.32. The summed E-state index contributed by atoms with van der Waals surface area (Å²) in [6, 6.07) is 0. The summed E-state index contributed by atoms with van der Waals surface area (Å²) in [7, 11) is -5.32. The maximum absolute atomic E-state index is 8.59. The normalized spacial score (nSPS) is 21.5. The van der Waals surface area contributed by atoms with Crippen LogP contribution in [0.3, 0.4) is 0 Å². The Bertz CT molecular complexity index is 296. The van der Waals surface area contributed by atoms with Gasteiger partial charge in [-0.2, -0.15) is 0 Å². The third kappa shape index (κ3) is 0.627. The van der Waals surface area contributed by atoms with E-state index < -0.39 is 15.5 Å². The highest BCUT2D eigenvalue weighted by Gasteiger charge is 3.01. The molecule has 1 saturated heterocycles. The first kappa shape index (κ1) is 7.50. The van der Waals surface area contributed by atoms with Crippen LogP contribution in [0, 0.1) is 35.1 Å². The molecular weight excluding hydrogens is 172 g/mol. The van der Waals surface area contributed by atoms with Crippen molar-refractivity contribution in [3.8, 4) is 11.4 Å². The van der Waals surface area contributed by atoms with Crippen LogP contribution in [0.5, 0.6) is 0 Å². The van der Waals surface area contributed by atoms with E-state index in [9.17, 15) is 0 Å². The summed E-state index contributed by atoms with van der Waals surface area (Å²) in [5, 5.41) is 17.2. The zero-order valence-electron chi connectivity index (χ0n) is 5.50. The second-order valence-corrected chi connectivity index (χ2v) is 13.1. The molecule has 0 atom stereocenters. The van der Waals surface area contributed by atoms with Crippen LogP contribution >= 0.6 is 0 Å². The van der Waals surface area contributed by atoms with E-state index in [0.29, 0.717) is 5.67 Å². The molecule has 0 N–H and O–H groups in total. The Balaban J connectivity index is 3.11. The molecule has 1 fully saturated rings. The highest BCUT2D eigenvalue weighted by Crippen LogP contribution is 2.45. The molecule has 50 valence electrons. The van der Waals surface area contributed by atoms with E-state index in [4.69, 9.17) is 23.7 Å². The summed E-state index contributed by atoms with van der Waals surface area (Å²) in [6.07, 6.45) is 0. The molecule has 0 unspecified atom stereocenters. The van der Waals surface area contributed by atoms with Crippen molar-refractivity contribution in [2.75, 3.05) is 0 Å². The van der Waals surface area contributed by atoms with Crippen LogP contribution in [-0.4, -0.2) is 15.5 Å². The van der Waals surface area contributed by atoms with Crippen LogP contribution in [0.2, 0.25) is 5.67 Å². The van der Waals surface area contributed by atoms with Gasteiger partial charge in [-0.15, -0.1) is 0 Å². The van der Waals surface area contributed by atoms with Crippen LogP contribution in [0.15, 0.2) is 0 Å². The second-order valence-electron chi connectivity index (χ2n) is 2.35. The molecule has 11 heavy (non-hydrogen) atoms. The summed E-state index contributed by atoms with van der Waals surface area (Å²) in [5.41, 5.74) is 4.16. The molecule has 0 aromatic carbocycles. The third-order valence-corrected chi connectivity index (χ3v) is 13.2. The lowest BCUT2D eigenvalue weighted by Crippen LogP contribution is -2.27. The van der Waals surface area contributed by atoms with Crippen LogP contribution in [0.1, 0.15) is 0 Å². The molecule has 4 nitrogen and oxygen atoms in total. The first-order valence-electron chi connectivity index (χ1n) is 2.80. The smallest absolute Gasteiger partial charge is 0.345 e. The zero-order chi connectivity index (χ0) is 8.54.